The van der Waals surface area contributed by atoms with Crippen molar-refractivity contribution in [3.63, 3.8) is 0 Å². The third-order valence-corrected chi connectivity index (χ3v) is 4.58. The van der Waals surface area contributed by atoms with Crippen LogP contribution < -0.4 is 9.47 Å². The van der Waals surface area contributed by atoms with E-state index >= 15 is 0 Å². The third kappa shape index (κ3) is 4.28. The van der Waals surface area contributed by atoms with Crippen molar-refractivity contribution < 1.29 is 23.5 Å². The van der Waals surface area contributed by atoms with E-state index in [1.54, 1.807) is 43.4 Å². The van der Waals surface area contributed by atoms with Gasteiger partial charge in [-0.15, -0.1) is 0 Å². The van der Waals surface area contributed by atoms with Gasteiger partial charge in [-0.2, -0.15) is 0 Å². The van der Waals surface area contributed by atoms with E-state index in [1.807, 2.05) is 0 Å². The maximum atomic E-state index is 12.5. The van der Waals surface area contributed by atoms with Gasteiger partial charge in [-0.3, -0.25) is 4.79 Å². The fraction of sp³-hybridized carbons (Fsp3) is 0.444. The van der Waals surface area contributed by atoms with Crippen LogP contribution in [0.1, 0.15) is 29.1 Å². The molecule has 2 heterocycles. The Labute approximate surface area is 156 Å². The monoisotopic (exact) mass is 380 g/mol. The van der Waals surface area contributed by atoms with Crippen LogP contribution in [0.2, 0.25) is 5.02 Å². The minimum atomic E-state index is -0.163. The number of methoxy groups -OCH3 is 2. The van der Waals surface area contributed by atoms with Crippen LogP contribution in [0.5, 0.6) is 11.5 Å². The quantitative estimate of drug-likeness (QED) is 0.766. The summed E-state index contributed by atoms with van der Waals surface area (Å²) in [6, 6.07) is 6.71. The number of aromatic nitrogens is 1. The van der Waals surface area contributed by atoms with Crippen molar-refractivity contribution in [1.29, 1.82) is 0 Å². The number of carbonyl (C=O) groups excluding carboxylic acids is 1. The molecule has 1 atom stereocenters. The number of carbonyl (C=O) groups is 1. The minimum Gasteiger partial charge on any atom is -0.497 e. The number of nitrogens with zero attached hydrogens (tertiary/aromatic N) is 2. The first kappa shape index (κ1) is 18.5. The molecule has 1 fully saturated rings. The summed E-state index contributed by atoms with van der Waals surface area (Å²) in [5.41, 5.74) is 0.265. The molecule has 3 rings (SSSR count). The Hall–Kier alpha value is -2.25. The first-order valence-electron chi connectivity index (χ1n) is 8.34. The Morgan fingerprint density at radius 1 is 1.38 bits per heavy atom. The van der Waals surface area contributed by atoms with Gasteiger partial charge in [-0.05, 0) is 25.0 Å². The molecule has 0 bridgehead atoms. The van der Waals surface area contributed by atoms with Gasteiger partial charge in [0.25, 0.3) is 5.91 Å². The Morgan fingerprint density at radius 3 is 2.96 bits per heavy atom. The van der Waals surface area contributed by atoms with Crippen LogP contribution in [0.15, 0.2) is 28.8 Å². The Bertz CT molecular complexity index is 764. The van der Waals surface area contributed by atoms with Gasteiger partial charge < -0.3 is 23.6 Å². The Morgan fingerprint density at radius 2 is 2.23 bits per heavy atom. The SMILES string of the molecule is COc1ccc(OCc2cc(C(=O)N3CCCC(OC)C3)no2)c(Cl)c1. The van der Waals surface area contributed by atoms with Crippen molar-refractivity contribution in [3.05, 3.63) is 40.7 Å². The first-order valence-corrected chi connectivity index (χ1v) is 8.72. The summed E-state index contributed by atoms with van der Waals surface area (Å²) in [6.07, 6.45) is 1.94. The second-order valence-corrected chi connectivity index (χ2v) is 6.42. The van der Waals surface area contributed by atoms with Crippen molar-refractivity contribution in [2.45, 2.75) is 25.6 Å². The molecule has 1 saturated heterocycles. The highest BCUT2D eigenvalue weighted by atomic mass is 35.5. The zero-order valence-electron chi connectivity index (χ0n) is 14.7. The highest BCUT2D eigenvalue weighted by Crippen LogP contribution is 2.29. The topological polar surface area (TPSA) is 74.0 Å². The number of likely N-dealkylation sites (tertiary alicyclic amines) is 1. The molecule has 2 aromatic rings. The molecular weight excluding hydrogens is 360 g/mol. The van der Waals surface area contributed by atoms with Crippen molar-refractivity contribution in [2.75, 3.05) is 27.3 Å². The van der Waals surface area contributed by atoms with E-state index in [1.165, 1.54) is 0 Å². The van der Waals surface area contributed by atoms with Crippen molar-refractivity contribution in [2.24, 2.45) is 0 Å². The lowest BCUT2D eigenvalue weighted by Crippen LogP contribution is -2.43. The van der Waals surface area contributed by atoms with Crippen molar-refractivity contribution in [3.8, 4) is 11.5 Å². The van der Waals surface area contributed by atoms with E-state index in [9.17, 15) is 4.79 Å². The molecule has 1 aromatic carbocycles. The van der Waals surface area contributed by atoms with Crippen molar-refractivity contribution >= 4 is 17.5 Å². The van der Waals surface area contributed by atoms with E-state index in [0.29, 0.717) is 35.4 Å². The maximum absolute atomic E-state index is 12.5. The Kier molecular flexibility index (Phi) is 6.00. The van der Waals surface area contributed by atoms with E-state index in [2.05, 4.69) is 5.16 Å². The summed E-state index contributed by atoms with van der Waals surface area (Å²) < 4.78 is 21.3. The standard InChI is InChI=1S/C18H21ClN2O5/c1-23-12-5-6-17(15(19)8-12)25-11-14-9-16(20-26-14)18(22)21-7-3-4-13(10-21)24-2/h5-6,8-9,13H,3-4,7,10-11H2,1-2H3. The smallest absolute Gasteiger partial charge is 0.276 e. The van der Waals surface area contributed by atoms with Crippen LogP contribution in [-0.4, -0.2) is 49.4 Å². The maximum Gasteiger partial charge on any atom is 0.276 e. The van der Waals surface area contributed by atoms with E-state index in [4.69, 9.17) is 30.3 Å². The molecule has 26 heavy (non-hydrogen) atoms. The average Bonchev–Trinajstić information content (AvgIpc) is 3.15. The third-order valence-electron chi connectivity index (χ3n) is 4.29. The molecule has 0 spiro atoms. The molecule has 140 valence electrons. The number of amides is 1. The normalized spacial score (nSPS) is 17.2. The molecule has 7 nitrogen and oxygen atoms in total. The molecule has 0 aliphatic carbocycles. The highest BCUT2D eigenvalue weighted by Gasteiger charge is 2.26. The van der Waals surface area contributed by atoms with Crippen molar-refractivity contribution in [1.82, 2.24) is 10.1 Å². The average molecular weight is 381 g/mol. The molecule has 1 amide bonds. The predicted octanol–water partition coefficient (Wildman–Crippen LogP) is 3.17. The van der Waals surface area contributed by atoms with Gasteiger partial charge >= 0.3 is 0 Å². The molecule has 0 radical (unpaired) electrons. The molecule has 0 saturated carbocycles. The van der Waals surface area contributed by atoms with Crippen LogP contribution in [-0.2, 0) is 11.3 Å². The largest absolute Gasteiger partial charge is 0.497 e. The number of hydrogen-bond acceptors (Lipinski definition) is 6. The number of hydrogen-bond donors (Lipinski definition) is 0. The lowest BCUT2D eigenvalue weighted by molar-refractivity contribution is 0.0263. The van der Waals surface area contributed by atoms with E-state index in [-0.39, 0.29) is 24.3 Å². The summed E-state index contributed by atoms with van der Waals surface area (Å²) in [5.74, 6) is 1.42. The molecule has 1 aliphatic heterocycles. The second kappa shape index (κ2) is 8.42. The summed E-state index contributed by atoms with van der Waals surface area (Å²) in [6.45, 7) is 1.38. The van der Waals surface area contributed by atoms with Crippen LogP contribution in [0.3, 0.4) is 0 Å². The number of rotatable bonds is 6. The van der Waals surface area contributed by atoms with Crippen LogP contribution in [0, 0.1) is 0 Å². The summed E-state index contributed by atoms with van der Waals surface area (Å²) in [5, 5.41) is 4.29. The second-order valence-electron chi connectivity index (χ2n) is 6.01. The molecule has 0 N–H and O–H groups in total. The Balaban J connectivity index is 1.60. The summed E-state index contributed by atoms with van der Waals surface area (Å²) in [4.78, 5) is 14.3. The van der Waals surface area contributed by atoms with Crippen LogP contribution >= 0.6 is 11.6 Å². The van der Waals surface area contributed by atoms with Gasteiger partial charge in [-0.25, -0.2) is 0 Å². The molecule has 1 aromatic heterocycles. The van der Waals surface area contributed by atoms with Crippen LogP contribution in [0.25, 0.3) is 0 Å². The molecule has 1 aliphatic rings. The zero-order chi connectivity index (χ0) is 18.5. The zero-order valence-corrected chi connectivity index (χ0v) is 15.5. The van der Waals surface area contributed by atoms with Gasteiger partial charge in [-0.1, -0.05) is 16.8 Å². The number of halogens is 1. The van der Waals surface area contributed by atoms with Crippen LogP contribution in [0.4, 0.5) is 0 Å². The first-order chi connectivity index (χ1) is 12.6. The van der Waals surface area contributed by atoms with Gasteiger partial charge in [0.05, 0.1) is 18.2 Å². The molecule has 1 unspecified atom stereocenters. The van der Waals surface area contributed by atoms with Gasteiger partial charge in [0.2, 0.25) is 0 Å². The van der Waals surface area contributed by atoms with Gasteiger partial charge in [0.15, 0.2) is 11.5 Å². The number of ether oxygens (including phenoxy) is 3. The summed E-state index contributed by atoms with van der Waals surface area (Å²) in [7, 11) is 3.23. The number of piperidine rings is 1. The van der Waals surface area contributed by atoms with E-state index < -0.39 is 0 Å². The fourth-order valence-electron chi connectivity index (χ4n) is 2.83. The molecular formula is C18H21ClN2O5. The number of benzene rings is 1. The van der Waals surface area contributed by atoms with E-state index in [0.717, 1.165) is 12.8 Å². The fourth-order valence-corrected chi connectivity index (χ4v) is 3.06. The molecule has 8 heteroatoms. The summed E-state index contributed by atoms with van der Waals surface area (Å²) >= 11 is 6.14. The predicted molar refractivity (Wildman–Crippen MR) is 94.8 cm³/mol. The minimum absolute atomic E-state index is 0.0691. The lowest BCUT2D eigenvalue weighted by atomic mass is 10.1. The lowest BCUT2D eigenvalue weighted by Gasteiger charge is -2.31. The van der Waals surface area contributed by atoms with Gasteiger partial charge in [0, 0.05) is 32.3 Å². The highest BCUT2D eigenvalue weighted by molar-refractivity contribution is 6.32. The van der Waals surface area contributed by atoms with Gasteiger partial charge in [0.1, 0.15) is 18.1 Å².